The first-order chi connectivity index (χ1) is 7.95. The Morgan fingerprint density at radius 1 is 1.47 bits per heavy atom. The molecule has 96 valence electrons. The maximum atomic E-state index is 12.4. The van der Waals surface area contributed by atoms with Gasteiger partial charge in [0.15, 0.2) is 5.82 Å². The number of rotatable bonds is 5. The summed E-state index contributed by atoms with van der Waals surface area (Å²) in [5, 5.41) is 8.77. The van der Waals surface area contributed by atoms with Crippen LogP contribution in [0.4, 0.5) is 20.3 Å². The molecule has 0 bridgehead atoms. The van der Waals surface area contributed by atoms with Crippen molar-refractivity contribution >= 4 is 23.1 Å². The van der Waals surface area contributed by atoms with Crippen LogP contribution in [0.5, 0.6) is 0 Å². The molecule has 1 heterocycles. The molecule has 8 heteroatoms. The third-order valence-electron chi connectivity index (χ3n) is 2.12. The number of halogens is 3. The summed E-state index contributed by atoms with van der Waals surface area (Å²) in [4.78, 5) is 8.81. The number of aliphatic hydroxyl groups is 1. The van der Waals surface area contributed by atoms with Crippen molar-refractivity contribution in [2.45, 2.75) is 13.3 Å². The van der Waals surface area contributed by atoms with Crippen molar-refractivity contribution < 1.29 is 13.9 Å². The highest BCUT2D eigenvalue weighted by Gasteiger charge is 2.18. The minimum absolute atomic E-state index is 0.00131. The average Bonchev–Trinajstić information content (AvgIpc) is 2.22. The van der Waals surface area contributed by atoms with Gasteiger partial charge in [0.2, 0.25) is 5.28 Å². The highest BCUT2D eigenvalue weighted by Crippen LogP contribution is 2.25. The second-order valence-corrected chi connectivity index (χ2v) is 3.71. The van der Waals surface area contributed by atoms with Gasteiger partial charge >= 0.3 is 0 Å². The topological polar surface area (TPSA) is 75.3 Å². The summed E-state index contributed by atoms with van der Waals surface area (Å²) in [6.07, 6.45) is -2.56. The number of aromatic nitrogens is 2. The molecular weight excluding hydrogens is 254 g/mol. The van der Waals surface area contributed by atoms with E-state index in [1.807, 2.05) is 0 Å². The standard InChI is InChI=1S/C9H13ClF2N4O/c1-5-7(13)8(15-9(10)14-5)16(2-3-17)4-6(11)12/h6,17H,2-4,13H2,1H3. The van der Waals surface area contributed by atoms with Crippen LogP contribution in [0, 0.1) is 6.92 Å². The van der Waals surface area contributed by atoms with Crippen molar-refractivity contribution in [3.63, 3.8) is 0 Å². The van der Waals surface area contributed by atoms with Crippen LogP contribution in [0.3, 0.4) is 0 Å². The highest BCUT2D eigenvalue weighted by atomic mass is 35.5. The van der Waals surface area contributed by atoms with Crippen LogP contribution in [-0.4, -0.2) is 41.2 Å². The largest absolute Gasteiger partial charge is 0.395 e. The summed E-state index contributed by atoms with van der Waals surface area (Å²) in [5.74, 6) is 0.122. The summed E-state index contributed by atoms with van der Waals surface area (Å²) in [5.41, 5.74) is 6.30. The Kier molecular flexibility index (Phi) is 4.83. The summed E-state index contributed by atoms with van der Waals surface area (Å²) in [6.45, 7) is 0.748. The van der Waals surface area contributed by atoms with Crippen molar-refractivity contribution in [3.8, 4) is 0 Å². The fraction of sp³-hybridized carbons (Fsp3) is 0.556. The van der Waals surface area contributed by atoms with E-state index in [4.69, 9.17) is 22.4 Å². The van der Waals surface area contributed by atoms with Crippen LogP contribution in [0.2, 0.25) is 5.28 Å². The Morgan fingerprint density at radius 2 is 2.12 bits per heavy atom. The molecule has 5 nitrogen and oxygen atoms in total. The lowest BCUT2D eigenvalue weighted by atomic mass is 10.3. The van der Waals surface area contributed by atoms with E-state index in [2.05, 4.69) is 9.97 Å². The van der Waals surface area contributed by atoms with Gasteiger partial charge in [-0.3, -0.25) is 0 Å². The molecule has 0 fully saturated rings. The molecule has 0 spiro atoms. The fourth-order valence-corrected chi connectivity index (χ4v) is 1.55. The molecule has 1 aromatic heterocycles. The molecule has 0 radical (unpaired) electrons. The van der Waals surface area contributed by atoms with E-state index in [0.29, 0.717) is 5.69 Å². The van der Waals surface area contributed by atoms with Gasteiger partial charge in [-0.25, -0.2) is 13.8 Å². The number of alkyl halides is 2. The monoisotopic (exact) mass is 266 g/mol. The third-order valence-corrected chi connectivity index (χ3v) is 2.29. The van der Waals surface area contributed by atoms with Gasteiger partial charge in [-0.05, 0) is 18.5 Å². The molecule has 0 aliphatic carbocycles. The minimum atomic E-state index is -2.56. The molecular formula is C9H13ClF2N4O. The number of nitrogen functional groups attached to an aromatic ring is 1. The molecule has 1 aromatic rings. The Bertz CT molecular complexity index is 392. The number of aryl methyl sites for hydroxylation is 1. The van der Waals surface area contributed by atoms with Gasteiger partial charge in [0.1, 0.15) is 0 Å². The number of aliphatic hydroxyl groups excluding tert-OH is 1. The summed E-state index contributed by atoms with van der Waals surface area (Å²) in [6, 6.07) is 0. The molecule has 0 amide bonds. The van der Waals surface area contributed by atoms with Crippen molar-refractivity contribution in [1.29, 1.82) is 0 Å². The Hall–Kier alpha value is -1.21. The van der Waals surface area contributed by atoms with Gasteiger partial charge in [-0.2, -0.15) is 4.98 Å². The fourth-order valence-electron chi connectivity index (χ4n) is 1.35. The Labute approximate surface area is 102 Å². The van der Waals surface area contributed by atoms with E-state index in [0.717, 1.165) is 0 Å². The molecule has 0 unspecified atom stereocenters. The van der Waals surface area contributed by atoms with Crippen LogP contribution in [0.1, 0.15) is 5.69 Å². The van der Waals surface area contributed by atoms with Gasteiger partial charge in [0.05, 0.1) is 24.5 Å². The highest BCUT2D eigenvalue weighted by molar-refractivity contribution is 6.28. The van der Waals surface area contributed by atoms with Gasteiger partial charge in [-0.15, -0.1) is 0 Å². The van der Waals surface area contributed by atoms with E-state index in [-0.39, 0.29) is 29.9 Å². The number of anilines is 2. The predicted molar refractivity (Wildman–Crippen MR) is 61.5 cm³/mol. The number of nitrogens with two attached hydrogens (primary N) is 1. The lowest BCUT2D eigenvalue weighted by molar-refractivity contribution is 0.152. The summed E-state index contributed by atoms with van der Waals surface area (Å²) < 4.78 is 24.8. The van der Waals surface area contributed by atoms with Crippen molar-refractivity contribution in [2.24, 2.45) is 0 Å². The lowest BCUT2D eigenvalue weighted by Gasteiger charge is -2.24. The van der Waals surface area contributed by atoms with Crippen LogP contribution < -0.4 is 10.6 Å². The van der Waals surface area contributed by atoms with Crippen molar-refractivity contribution in [2.75, 3.05) is 30.3 Å². The van der Waals surface area contributed by atoms with Crippen LogP contribution in [0.15, 0.2) is 0 Å². The number of hydrogen-bond donors (Lipinski definition) is 2. The van der Waals surface area contributed by atoms with Crippen LogP contribution in [0.25, 0.3) is 0 Å². The smallest absolute Gasteiger partial charge is 0.255 e. The molecule has 0 aliphatic rings. The zero-order valence-electron chi connectivity index (χ0n) is 9.20. The Balaban J connectivity index is 3.08. The molecule has 0 aliphatic heterocycles. The van der Waals surface area contributed by atoms with E-state index >= 15 is 0 Å². The lowest BCUT2D eigenvalue weighted by Crippen LogP contribution is -2.33. The molecule has 0 saturated heterocycles. The van der Waals surface area contributed by atoms with E-state index in [1.165, 1.54) is 4.90 Å². The van der Waals surface area contributed by atoms with Gasteiger partial charge in [0.25, 0.3) is 6.43 Å². The molecule has 0 aromatic carbocycles. The molecule has 3 N–H and O–H groups in total. The zero-order chi connectivity index (χ0) is 13.0. The second kappa shape index (κ2) is 5.92. The normalized spacial score (nSPS) is 10.9. The van der Waals surface area contributed by atoms with E-state index in [9.17, 15) is 8.78 Å². The first kappa shape index (κ1) is 13.9. The Morgan fingerprint density at radius 3 is 2.65 bits per heavy atom. The van der Waals surface area contributed by atoms with Gasteiger partial charge in [0, 0.05) is 6.54 Å². The van der Waals surface area contributed by atoms with Gasteiger partial charge in [-0.1, -0.05) is 0 Å². The van der Waals surface area contributed by atoms with Crippen molar-refractivity contribution in [1.82, 2.24) is 9.97 Å². The minimum Gasteiger partial charge on any atom is -0.395 e. The molecule has 17 heavy (non-hydrogen) atoms. The van der Waals surface area contributed by atoms with Crippen LogP contribution in [-0.2, 0) is 0 Å². The van der Waals surface area contributed by atoms with E-state index < -0.39 is 13.0 Å². The molecule has 0 atom stereocenters. The molecule has 0 saturated carbocycles. The van der Waals surface area contributed by atoms with E-state index in [1.54, 1.807) is 6.92 Å². The predicted octanol–water partition coefficient (Wildman–Crippen LogP) is 1.08. The van der Waals surface area contributed by atoms with Gasteiger partial charge < -0.3 is 15.7 Å². The average molecular weight is 267 g/mol. The number of hydrogen-bond acceptors (Lipinski definition) is 5. The SMILES string of the molecule is Cc1nc(Cl)nc(N(CCO)CC(F)F)c1N. The maximum Gasteiger partial charge on any atom is 0.255 e. The van der Waals surface area contributed by atoms with Crippen molar-refractivity contribution in [3.05, 3.63) is 11.0 Å². The molecule has 1 rings (SSSR count). The van der Waals surface area contributed by atoms with Crippen LogP contribution >= 0.6 is 11.6 Å². The summed E-state index contributed by atoms with van der Waals surface area (Å²) >= 11 is 5.65. The number of nitrogens with zero attached hydrogens (tertiary/aromatic N) is 3. The first-order valence-corrected chi connectivity index (χ1v) is 5.27. The quantitative estimate of drug-likeness (QED) is 0.780. The second-order valence-electron chi connectivity index (χ2n) is 3.38. The summed E-state index contributed by atoms with van der Waals surface area (Å²) in [7, 11) is 0. The third kappa shape index (κ3) is 3.64. The maximum absolute atomic E-state index is 12.4. The first-order valence-electron chi connectivity index (χ1n) is 4.89. The zero-order valence-corrected chi connectivity index (χ0v) is 9.95.